The van der Waals surface area contributed by atoms with E-state index in [1.54, 1.807) is 11.0 Å². The number of nitrogens with zero attached hydrogens (tertiary/aromatic N) is 4. The van der Waals surface area contributed by atoms with E-state index in [2.05, 4.69) is 28.0 Å². The van der Waals surface area contributed by atoms with Crippen molar-refractivity contribution in [2.45, 2.75) is 25.9 Å². The Morgan fingerprint density at radius 3 is 2.91 bits per heavy atom. The second-order valence-electron chi connectivity index (χ2n) is 5.78. The van der Waals surface area contributed by atoms with E-state index in [4.69, 9.17) is 17.3 Å². The van der Waals surface area contributed by atoms with Crippen molar-refractivity contribution >= 4 is 24.0 Å². The summed E-state index contributed by atoms with van der Waals surface area (Å²) in [5.74, 6) is 0.529. The van der Waals surface area contributed by atoms with E-state index in [0.717, 1.165) is 31.7 Å². The molecule has 0 aliphatic carbocycles. The predicted molar refractivity (Wildman–Crippen MR) is 90.7 cm³/mol. The van der Waals surface area contributed by atoms with E-state index in [9.17, 15) is 0 Å². The Balaban J connectivity index is 0.00000176. The van der Waals surface area contributed by atoms with Crippen molar-refractivity contribution < 1.29 is 0 Å². The highest BCUT2D eigenvalue weighted by Crippen LogP contribution is 2.23. The minimum Gasteiger partial charge on any atom is -0.327 e. The van der Waals surface area contributed by atoms with E-state index in [1.807, 2.05) is 12.1 Å². The summed E-state index contributed by atoms with van der Waals surface area (Å²) in [6.07, 6.45) is 4.28. The third kappa shape index (κ3) is 3.79. The van der Waals surface area contributed by atoms with Gasteiger partial charge in [0.1, 0.15) is 12.7 Å². The van der Waals surface area contributed by atoms with Gasteiger partial charge in [0.05, 0.1) is 5.69 Å². The zero-order valence-electron chi connectivity index (χ0n) is 12.5. The quantitative estimate of drug-likeness (QED) is 0.931. The number of likely N-dealkylation sites (tertiary alicyclic amines) is 1. The minimum absolute atomic E-state index is 0. The van der Waals surface area contributed by atoms with Crippen LogP contribution in [0.1, 0.15) is 18.9 Å². The smallest absolute Gasteiger partial charge is 0.138 e. The van der Waals surface area contributed by atoms with Gasteiger partial charge in [0.25, 0.3) is 0 Å². The molecule has 0 amide bonds. The SMILES string of the molecule is CC1CN(Cc2ccc(Cl)cc2-n2cncn2)CCC1N.Cl. The fourth-order valence-electron chi connectivity index (χ4n) is 2.85. The third-order valence-electron chi connectivity index (χ3n) is 4.16. The summed E-state index contributed by atoms with van der Waals surface area (Å²) in [5.41, 5.74) is 8.28. The van der Waals surface area contributed by atoms with Crippen molar-refractivity contribution in [3.8, 4) is 5.69 Å². The monoisotopic (exact) mass is 341 g/mol. The average molecular weight is 342 g/mol. The Labute approximate surface area is 141 Å². The second kappa shape index (κ2) is 7.42. The summed E-state index contributed by atoms with van der Waals surface area (Å²) < 4.78 is 1.76. The van der Waals surface area contributed by atoms with Crippen molar-refractivity contribution in [3.63, 3.8) is 0 Å². The molecule has 0 saturated carbocycles. The van der Waals surface area contributed by atoms with Gasteiger partial charge in [-0.25, -0.2) is 9.67 Å². The number of aromatic nitrogens is 3. The number of hydrogen-bond acceptors (Lipinski definition) is 4. The minimum atomic E-state index is 0. The molecular weight excluding hydrogens is 321 g/mol. The molecule has 2 heterocycles. The molecule has 0 spiro atoms. The zero-order valence-corrected chi connectivity index (χ0v) is 14.1. The predicted octanol–water partition coefficient (Wildman–Crippen LogP) is 2.51. The Kier molecular flexibility index (Phi) is 5.81. The van der Waals surface area contributed by atoms with Crippen LogP contribution in [0.25, 0.3) is 5.69 Å². The van der Waals surface area contributed by atoms with Crippen LogP contribution in [-0.2, 0) is 6.54 Å². The normalized spacial score (nSPS) is 22.3. The fourth-order valence-corrected chi connectivity index (χ4v) is 3.02. The summed E-state index contributed by atoms with van der Waals surface area (Å²) in [6.45, 7) is 5.16. The van der Waals surface area contributed by atoms with Crippen LogP contribution in [0.3, 0.4) is 0 Å². The molecule has 22 heavy (non-hydrogen) atoms. The van der Waals surface area contributed by atoms with E-state index >= 15 is 0 Å². The highest BCUT2D eigenvalue weighted by Gasteiger charge is 2.23. The highest BCUT2D eigenvalue weighted by atomic mass is 35.5. The molecular formula is C15H21Cl2N5. The van der Waals surface area contributed by atoms with Gasteiger partial charge >= 0.3 is 0 Å². The lowest BCUT2D eigenvalue weighted by Gasteiger charge is -2.35. The Bertz CT molecular complexity index is 602. The maximum absolute atomic E-state index is 6.13. The van der Waals surface area contributed by atoms with Crippen LogP contribution in [-0.4, -0.2) is 38.8 Å². The molecule has 1 fully saturated rings. The van der Waals surface area contributed by atoms with Gasteiger partial charge in [-0.2, -0.15) is 5.10 Å². The van der Waals surface area contributed by atoms with Crippen LogP contribution in [0.2, 0.25) is 5.02 Å². The van der Waals surface area contributed by atoms with Crippen LogP contribution >= 0.6 is 24.0 Å². The van der Waals surface area contributed by atoms with Gasteiger partial charge in [0.2, 0.25) is 0 Å². The molecule has 0 radical (unpaired) electrons. The lowest BCUT2D eigenvalue weighted by molar-refractivity contribution is 0.157. The van der Waals surface area contributed by atoms with Gasteiger partial charge in [0.15, 0.2) is 0 Å². The first-order valence-corrected chi connectivity index (χ1v) is 7.62. The molecule has 1 aromatic carbocycles. The fraction of sp³-hybridized carbons (Fsp3) is 0.467. The maximum atomic E-state index is 6.13. The third-order valence-corrected chi connectivity index (χ3v) is 4.40. The van der Waals surface area contributed by atoms with Crippen molar-refractivity contribution in [3.05, 3.63) is 41.4 Å². The van der Waals surface area contributed by atoms with Crippen molar-refractivity contribution in [1.29, 1.82) is 0 Å². The molecule has 120 valence electrons. The van der Waals surface area contributed by atoms with Gasteiger partial charge in [-0.3, -0.25) is 4.90 Å². The summed E-state index contributed by atoms with van der Waals surface area (Å²) in [7, 11) is 0. The van der Waals surface area contributed by atoms with Gasteiger partial charge in [0, 0.05) is 24.2 Å². The maximum Gasteiger partial charge on any atom is 0.138 e. The molecule has 5 nitrogen and oxygen atoms in total. The van der Waals surface area contributed by atoms with Crippen molar-refractivity contribution in [2.24, 2.45) is 11.7 Å². The molecule has 2 unspecified atom stereocenters. The van der Waals surface area contributed by atoms with Crippen LogP contribution in [0, 0.1) is 5.92 Å². The molecule has 1 aliphatic heterocycles. The molecule has 7 heteroatoms. The molecule has 1 aliphatic rings. The number of nitrogens with two attached hydrogens (primary N) is 1. The Hall–Kier alpha value is -1.14. The van der Waals surface area contributed by atoms with Crippen molar-refractivity contribution in [2.75, 3.05) is 13.1 Å². The van der Waals surface area contributed by atoms with Crippen LogP contribution in [0.5, 0.6) is 0 Å². The first-order chi connectivity index (χ1) is 10.1. The van der Waals surface area contributed by atoms with Crippen LogP contribution < -0.4 is 5.73 Å². The molecule has 1 aromatic heterocycles. The Morgan fingerprint density at radius 1 is 1.41 bits per heavy atom. The first kappa shape index (κ1) is 17.2. The number of rotatable bonds is 3. The van der Waals surface area contributed by atoms with Gasteiger partial charge in [-0.1, -0.05) is 24.6 Å². The molecule has 1 saturated heterocycles. The van der Waals surface area contributed by atoms with E-state index in [-0.39, 0.29) is 12.4 Å². The number of benzene rings is 1. The topological polar surface area (TPSA) is 60.0 Å². The largest absolute Gasteiger partial charge is 0.327 e. The molecule has 3 rings (SSSR count). The first-order valence-electron chi connectivity index (χ1n) is 7.25. The van der Waals surface area contributed by atoms with Gasteiger partial charge in [-0.05, 0) is 36.6 Å². The van der Waals surface area contributed by atoms with E-state index in [0.29, 0.717) is 17.0 Å². The summed E-state index contributed by atoms with van der Waals surface area (Å²) in [6, 6.07) is 6.25. The van der Waals surface area contributed by atoms with Crippen molar-refractivity contribution in [1.82, 2.24) is 19.7 Å². The van der Waals surface area contributed by atoms with E-state index < -0.39 is 0 Å². The molecule has 2 aromatic rings. The van der Waals surface area contributed by atoms with Crippen LogP contribution in [0.15, 0.2) is 30.9 Å². The van der Waals surface area contributed by atoms with E-state index in [1.165, 1.54) is 11.9 Å². The summed E-state index contributed by atoms with van der Waals surface area (Å²) in [5, 5.41) is 4.92. The lowest BCUT2D eigenvalue weighted by Crippen LogP contribution is -2.45. The molecule has 2 atom stereocenters. The average Bonchev–Trinajstić information content (AvgIpc) is 2.99. The molecule has 2 N–H and O–H groups in total. The summed E-state index contributed by atoms with van der Waals surface area (Å²) >= 11 is 6.13. The Morgan fingerprint density at radius 2 is 2.23 bits per heavy atom. The van der Waals surface area contributed by atoms with Gasteiger partial charge < -0.3 is 5.73 Å². The lowest BCUT2D eigenvalue weighted by atomic mass is 9.94. The number of hydrogen-bond donors (Lipinski definition) is 1. The number of halogens is 2. The standard InChI is InChI=1S/C15H20ClN5.ClH/c1-11-7-20(5-4-14(11)17)8-12-2-3-13(16)6-15(12)21-10-18-9-19-21;/h2-3,6,9-11,14H,4-5,7-8,17H2,1H3;1H. The second-order valence-corrected chi connectivity index (χ2v) is 6.21. The van der Waals surface area contributed by atoms with Crippen LogP contribution in [0.4, 0.5) is 0 Å². The zero-order chi connectivity index (χ0) is 14.8. The molecule has 0 bridgehead atoms. The summed E-state index contributed by atoms with van der Waals surface area (Å²) in [4.78, 5) is 6.46. The highest BCUT2D eigenvalue weighted by molar-refractivity contribution is 6.30. The number of piperidine rings is 1. The van der Waals surface area contributed by atoms with Gasteiger partial charge in [-0.15, -0.1) is 12.4 Å².